The van der Waals surface area contributed by atoms with Crippen LogP contribution in [0.2, 0.25) is 0 Å². The maximum Gasteiger partial charge on any atom is 0.157 e. The molecule has 2 rings (SSSR count). The van der Waals surface area contributed by atoms with Crippen molar-refractivity contribution >= 4 is 12.2 Å². The van der Waals surface area contributed by atoms with Crippen molar-refractivity contribution in [3.05, 3.63) is 62.7 Å². The molecule has 120 valence electrons. The molecule has 0 saturated heterocycles. The molecular weight excluding hydrogens is 309 g/mol. The Balaban J connectivity index is 2.32. The number of hydrogen-bond acceptors (Lipinski definition) is 2. The molecule has 0 spiro atoms. The molecule has 0 bridgehead atoms. The molecule has 0 radical (unpaired) electrons. The molecule has 0 aliphatic rings. The van der Waals surface area contributed by atoms with Crippen molar-refractivity contribution in [1.82, 2.24) is 4.57 Å². The van der Waals surface area contributed by atoms with Gasteiger partial charge in [-0.3, -0.25) is 4.57 Å². The summed E-state index contributed by atoms with van der Waals surface area (Å²) in [6.45, 7) is 7.29. The summed E-state index contributed by atoms with van der Waals surface area (Å²) in [6.07, 6.45) is 0. The van der Waals surface area contributed by atoms with Crippen molar-refractivity contribution in [2.45, 2.75) is 34.0 Å². The van der Waals surface area contributed by atoms with Gasteiger partial charge in [0.2, 0.25) is 0 Å². The maximum atomic E-state index is 13.3. The highest BCUT2D eigenvalue weighted by atomic mass is 32.1. The number of aromatic nitrogens is 1. The van der Waals surface area contributed by atoms with Crippen molar-refractivity contribution in [1.29, 1.82) is 5.26 Å². The molecule has 0 fully saturated rings. The zero-order chi connectivity index (χ0) is 17.1. The smallest absolute Gasteiger partial charge is 0.157 e. The van der Waals surface area contributed by atoms with Crippen LogP contribution in [0.3, 0.4) is 0 Å². The van der Waals surface area contributed by atoms with Gasteiger partial charge in [0, 0.05) is 11.3 Å². The number of rotatable bonds is 4. The Morgan fingerprint density at radius 3 is 2.57 bits per heavy atom. The molecule has 2 aromatic rings. The average Bonchev–Trinajstić information content (AvgIpc) is 2.50. The first-order valence-corrected chi connectivity index (χ1v) is 7.92. The molecule has 23 heavy (non-hydrogen) atoms. The summed E-state index contributed by atoms with van der Waals surface area (Å²) < 4.78 is 15.9. The molecule has 1 heterocycles. The van der Waals surface area contributed by atoms with Gasteiger partial charge in [-0.15, -0.1) is 0 Å². The van der Waals surface area contributed by atoms with E-state index in [1.54, 1.807) is 12.1 Å². The number of nitriles is 1. The van der Waals surface area contributed by atoms with Crippen LogP contribution < -0.4 is 4.90 Å². The Morgan fingerprint density at radius 1 is 1.26 bits per heavy atom. The summed E-state index contributed by atoms with van der Waals surface area (Å²) in [5, 5.41) is 9.36. The second-order valence-electron chi connectivity index (χ2n) is 5.98. The van der Waals surface area contributed by atoms with E-state index in [4.69, 9.17) is 12.2 Å². The molecule has 1 aromatic heterocycles. The Bertz CT molecular complexity index is 833. The van der Waals surface area contributed by atoms with Gasteiger partial charge in [0.15, 0.2) is 6.67 Å². The highest BCUT2D eigenvalue weighted by Crippen LogP contribution is 2.18. The highest BCUT2D eigenvalue weighted by Gasteiger charge is 2.14. The van der Waals surface area contributed by atoms with Crippen molar-refractivity contribution in [2.24, 2.45) is 0 Å². The summed E-state index contributed by atoms with van der Waals surface area (Å²) in [4.78, 5) is 1.17. The summed E-state index contributed by atoms with van der Waals surface area (Å²) >= 11 is 5.50. The topological polar surface area (TPSA) is 33.2 Å². The fraction of sp³-hybridized carbons (Fsp3) is 0.333. The summed E-state index contributed by atoms with van der Waals surface area (Å²) in [5.41, 5.74) is 4.63. The van der Waals surface area contributed by atoms with Gasteiger partial charge in [-0.2, -0.15) is 5.26 Å². The molecule has 1 N–H and O–H groups in total. The van der Waals surface area contributed by atoms with E-state index >= 15 is 0 Å². The lowest BCUT2D eigenvalue weighted by molar-refractivity contribution is -0.917. The summed E-state index contributed by atoms with van der Waals surface area (Å²) in [6, 6.07) is 8.85. The normalized spacial score (nSPS) is 12.0. The van der Waals surface area contributed by atoms with Crippen LogP contribution in [0, 0.1) is 42.6 Å². The van der Waals surface area contributed by atoms with E-state index in [2.05, 4.69) is 6.07 Å². The number of hydrogen-bond donors (Lipinski definition) is 1. The highest BCUT2D eigenvalue weighted by molar-refractivity contribution is 7.71. The number of nitrogens with zero attached hydrogens (tertiary/aromatic N) is 2. The van der Waals surface area contributed by atoms with Crippen LogP contribution in [0.15, 0.2) is 24.3 Å². The van der Waals surface area contributed by atoms with E-state index in [1.165, 1.54) is 11.0 Å². The second-order valence-corrected chi connectivity index (χ2v) is 6.36. The largest absolute Gasteiger partial charge is 0.316 e. The van der Waals surface area contributed by atoms with Gasteiger partial charge in [-0.1, -0.05) is 24.4 Å². The van der Waals surface area contributed by atoms with Crippen LogP contribution in [0.5, 0.6) is 0 Å². The average molecular weight is 330 g/mol. The van der Waals surface area contributed by atoms with Crippen LogP contribution in [-0.4, -0.2) is 11.6 Å². The van der Waals surface area contributed by atoms with E-state index in [0.29, 0.717) is 23.4 Å². The van der Waals surface area contributed by atoms with E-state index in [0.717, 1.165) is 22.4 Å². The minimum absolute atomic E-state index is 0.221. The van der Waals surface area contributed by atoms with Crippen molar-refractivity contribution in [2.75, 3.05) is 7.05 Å². The monoisotopic (exact) mass is 330 g/mol. The van der Waals surface area contributed by atoms with Gasteiger partial charge in [-0.05, 0) is 44.0 Å². The molecule has 1 atom stereocenters. The third-order valence-corrected chi connectivity index (χ3v) is 4.70. The van der Waals surface area contributed by atoms with Crippen LogP contribution in [0.1, 0.15) is 27.9 Å². The Hall–Kier alpha value is -2.03. The molecule has 3 nitrogen and oxygen atoms in total. The number of pyridine rings is 1. The van der Waals surface area contributed by atoms with Crippen molar-refractivity contribution in [3.8, 4) is 6.07 Å². The Kier molecular flexibility index (Phi) is 5.30. The predicted octanol–water partition coefficient (Wildman–Crippen LogP) is 2.83. The second kappa shape index (κ2) is 7.03. The Morgan fingerprint density at radius 2 is 1.96 bits per heavy atom. The third-order valence-electron chi connectivity index (χ3n) is 4.28. The summed E-state index contributed by atoms with van der Waals surface area (Å²) in [7, 11) is 2.04. The van der Waals surface area contributed by atoms with Gasteiger partial charge in [0.1, 0.15) is 23.1 Å². The van der Waals surface area contributed by atoms with Gasteiger partial charge in [-0.25, -0.2) is 4.39 Å². The molecular formula is C18H21FN3S+. The number of nitrogens with one attached hydrogen (secondary N) is 1. The van der Waals surface area contributed by atoms with E-state index in [-0.39, 0.29) is 5.82 Å². The van der Waals surface area contributed by atoms with Crippen molar-refractivity contribution in [3.63, 3.8) is 0 Å². The zero-order valence-corrected chi connectivity index (χ0v) is 14.7. The number of halogens is 1. The van der Waals surface area contributed by atoms with Gasteiger partial charge in [0.25, 0.3) is 0 Å². The van der Waals surface area contributed by atoms with Crippen LogP contribution >= 0.6 is 12.2 Å². The molecule has 1 unspecified atom stereocenters. The van der Waals surface area contributed by atoms with Crippen LogP contribution in [0.25, 0.3) is 0 Å². The van der Waals surface area contributed by atoms with Crippen molar-refractivity contribution < 1.29 is 9.29 Å². The zero-order valence-electron chi connectivity index (χ0n) is 13.9. The predicted molar refractivity (Wildman–Crippen MR) is 91.2 cm³/mol. The van der Waals surface area contributed by atoms with E-state index < -0.39 is 0 Å². The fourth-order valence-corrected chi connectivity index (χ4v) is 3.15. The number of benzene rings is 1. The fourth-order valence-electron chi connectivity index (χ4n) is 2.75. The lowest BCUT2D eigenvalue weighted by atomic mass is 10.0. The molecule has 0 saturated carbocycles. The first-order chi connectivity index (χ1) is 10.8. The molecule has 0 aliphatic carbocycles. The minimum atomic E-state index is -0.221. The maximum absolute atomic E-state index is 13.3. The van der Waals surface area contributed by atoms with Crippen LogP contribution in [-0.2, 0) is 13.2 Å². The summed E-state index contributed by atoms with van der Waals surface area (Å²) in [5.74, 6) is -0.221. The van der Waals surface area contributed by atoms with Gasteiger partial charge >= 0.3 is 0 Å². The first-order valence-electron chi connectivity index (χ1n) is 7.51. The van der Waals surface area contributed by atoms with E-state index in [1.807, 2.05) is 38.5 Å². The van der Waals surface area contributed by atoms with Gasteiger partial charge < -0.3 is 4.90 Å². The van der Waals surface area contributed by atoms with E-state index in [9.17, 15) is 9.65 Å². The first kappa shape index (κ1) is 17.3. The SMILES string of the molecule is Cc1c(C)c(C)n(C[NH+](C)Cc2cccc(F)c2)c(=S)c1C#N. The van der Waals surface area contributed by atoms with Gasteiger partial charge in [0.05, 0.1) is 12.6 Å². The Labute approximate surface area is 141 Å². The minimum Gasteiger partial charge on any atom is -0.316 e. The standard InChI is InChI=1S/C18H20FN3S/c1-12-13(2)17(9-20)18(23)22(14(12)3)11-21(4)10-15-6-5-7-16(19)8-15/h5-8H,10-11H2,1-4H3/p+1. The quantitative estimate of drug-likeness (QED) is 0.875. The lowest BCUT2D eigenvalue weighted by Gasteiger charge is -2.21. The lowest BCUT2D eigenvalue weighted by Crippen LogP contribution is -3.07. The van der Waals surface area contributed by atoms with Crippen LogP contribution in [0.4, 0.5) is 4.39 Å². The molecule has 1 aromatic carbocycles. The number of quaternary nitrogens is 1. The molecule has 5 heteroatoms. The third kappa shape index (κ3) is 3.66. The molecule has 0 aliphatic heterocycles. The molecule has 0 amide bonds.